The highest BCUT2D eigenvalue weighted by Crippen LogP contribution is 2.18. The van der Waals surface area contributed by atoms with Crippen molar-refractivity contribution in [2.45, 2.75) is 58.1 Å². The van der Waals surface area contributed by atoms with E-state index in [4.69, 9.17) is 4.74 Å². The second-order valence-electron chi connectivity index (χ2n) is 5.49. The van der Waals surface area contributed by atoms with E-state index in [1.54, 1.807) is 0 Å². The number of nitrogens with one attached hydrogen (secondary N) is 1. The van der Waals surface area contributed by atoms with Gasteiger partial charge in [-0.15, -0.1) is 0 Å². The molecule has 18 heavy (non-hydrogen) atoms. The number of ether oxygens (including phenoxy) is 1. The van der Waals surface area contributed by atoms with Crippen LogP contribution < -0.4 is 10.1 Å². The Morgan fingerprint density at radius 2 is 2.06 bits per heavy atom. The van der Waals surface area contributed by atoms with Crippen LogP contribution >= 0.6 is 0 Å². The lowest BCUT2D eigenvalue weighted by atomic mass is 9.95. The lowest BCUT2D eigenvalue weighted by Crippen LogP contribution is -2.37. The Kier molecular flexibility index (Phi) is 5.06. The summed E-state index contributed by atoms with van der Waals surface area (Å²) in [5.74, 6) is 0.980. The van der Waals surface area contributed by atoms with Gasteiger partial charge in [0.1, 0.15) is 11.9 Å². The van der Waals surface area contributed by atoms with Gasteiger partial charge < -0.3 is 10.1 Å². The predicted octanol–water partition coefficient (Wildman–Crippen LogP) is 3.68. The van der Waals surface area contributed by atoms with Gasteiger partial charge in [0.05, 0.1) is 0 Å². The molecule has 1 aromatic carbocycles. The third kappa shape index (κ3) is 4.34. The fourth-order valence-corrected chi connectivity index (χ4v) is 2.60. The Balaban J connectivity index is 1.72. The van der Waals surface area contributed by atoms with E-state index in [1.165, 1.54) is 37.7 Å². The molecule has 2 rings (SSSR count). The summed E-state index contributed by atoms with van der Waals surface area (Å²) < 4.78 is 5.92. The second-order valence-corrected chi connectivity index (χ2v) is 5.49. The highest BCUT2D eigenvalue weighted by Gasteiger charge is 2.14. The molecule has 0 aliphatic heterocycles. The summed E-state index contributed by atoms with van der Waals surface area (Å²) in [6.07, 6.45) is 7.06. The summed E-state index contributed by atoms with van der Waals surface area (Å²) >= 11 is 0. The molecular weight excluding hydrogens is 222 g/mol. The monoisotopic (exact) mass is 247 g/mol. The molecule has 0 radical (unpaired) electrons. The van der Waals surface area contributed by atoms with E-state index in [2.05, 4.69) is 31.3 Å². The van der Waals surface area contributed by atoms with E-state index in [9.17, 15) is 0 Å². The van der Waals surface area contributed by atoms with Crippen molar-refractivity contribution in [3.05, 3.63) is 29.8 Å². The van der Waals surface area contributed by atoms with E-state index in [0.29, 0.717) is 6.04 Å². The molecule has 0 heterocycles. The fourth-order valence-electron chi connectivity index (χ4n) is 2.60. The molecule has 1 saturated carbocycles. The molecule has 1 aliphatic rings. The maximum absolute atomic E-state index is 5.92. The summed E-state index contributed by atoms with van der Waals surface area (Å²) in [7, 11) is 0. The fraction of sp³-hybridized carbons (Fsp3) is 0.625. The number of benzene rings is 1. The summed E-state index contributed by atoms with van der Waals surface area (Å²) in [6, 6.07) is 8.98. The average Bonchev–Trinajstić information content (AvgIpc) is 2.38. The van der Waals surface area contributed by atoms with Crippen LogP contribution in [-0.4, -0.2) is 18.7 Å². The van der Waals surface area contributed by atoms with Crippen molar-refractivity contribution in [2.24, 2.45) is 0 Å². The summed E-state index contributed by atoms with van der Waals surface area (Å²) in [6.45, 7) is 5.18. The molecule has 1 N–H and O–H groups in total. The zero-order chi connectivity index (χ0) is 12.8. The van der Waals surface area contributed by atoms with Crippen molar-refractivity contribution in [3.8, 4) is 5.75 Å². The van der Waals surface area contributed by atoms with Crippen molar-refractivity contribution in [2.75, 3.05) is 6.54 Å². The van der Waals surface area contributed by atoms with Crippen molar-refractivity contribution in [1.29, 1.82) is 0 Å². The standard InChI is InChI=1S/C16H25NO/c1-13-7-6-10-16(11-13)18-14(2)12-17-15-8-4-3-5-9-15/h6-7,10-11,14-15,17H,3-5,8-9,12H2,1-2H3. The Morgan fingerprint density at radius 3 is 2.78 bits per heavy atom. The third-order valence-corrected chi connectivity index (χ3v) is 3.63. The first-order valence-electron chi connectivity index (χ1n) is 7.21. The SMILES string of the molecule is Cc1cccc(OC(C)CNC2CCCCC2)c1. The third-order valence-electron chi connectivity index (χ3n) is 3.63. The molecule has 1 aromatic rings. The maximum atomic E-state index is 5.92. The van der Waals surface area contributed by atoms with Crippen molar-refractivity contribution in [1.82, 2.24) is 5.32 Å². The van der Waals surface area contributed by atoms with Gasteiger partial charge in [0.2, 0.25) is 0 Å². The molecule has 0 saturated heterocycles. The van der Waals surface area contributed by atoms with Crippen LogP contribution in [0.4, 0.5) is 0 Å². The normalized spacial score (nSPS) is 18.6. The van der Waals surface area contributed by atoms with Gasteiger partial charge in [0.25, 0.3) is 0 Å². The zero-order valence-corrected chi connectivity index (χ0v) is 11.6. The Hall–Kier alpha value is -1.02. The molecule has 2 nitrogen and oxygen atoms in total. The van der Waals surface area contributed by atoms with E-state index in [-0.39, 0.29) is 6.10 Å². The smallest absolute Gasteiger partial charge is 0.120 e. The number of aryl methyl sites for hydroxylation is 1. The van der Waals surface area contributed by atoms with Crippen LogP contribution in [0.15, 0.2) is 24.3 Å². The van der Waals surface area contributed by atoms with E-state index in [0.717, 1.165) is 12.3 Å². The van der Waals surface area contributed by atoms with Crippen LogP contribution in [0.3, 0.4) is 0 Å². The molecule has 1 aliphatic carbocycles. The highest BCUT2D eigenvalue weighted by atomic mass is 16.5. The van der Waals surface area contributed by atoms with Crippen molar-refractivity contribution >= 4 is 0 Å². The minimum Gasteiger partial charge on any atom is -0.489 e. The molecule has 0 amide bonds. The van der Waals surface area contributed by atoms with Gasteiger partial charge >= 0.3 is 0 Å². The number of hydrogen-bond donors (Lipinski definition) is 1. The molecule has 0 bridgehead atoms. The molecule has 1 fully saturated rings. The van der Waals surface area contributed by atoms with E-state index >= 15 is 0 Å². The first-order valence-corrected chi connectivity index (χ1v) is 7.21. The highest BCUT2D eigenvalue weighted by molar-refractivity contribution is 5.27. The van der Waals surface area contributed by atoms with Crippen LogP contribution in [0.25, 0.3) is 0 Å². The second kappa shape index (κ2) is 6.79. The minimum absolute atomic E-state index is 0.230. The van der Waals surface area contributed by atoms with Crippen LogP contribution in [0.2, 0.25) is 0 Å². The Bertz CT molecular complexity index is 358. The minimum atomic E-state index is 0.230. The molecule has 1 atom stereocenters. The van der Waals surface area contributed by atoms with Gasteiger partial charge in [0.15, 0.2) is 0 Å². The van der Waals surface area contributed by atoms with E-state index in [1.807, 2.05) is 12.1 Å². The largest absolute Gasteiger partial charge is 0.489 e. The topological polar surface area (TPSA) is 21.3 Å². The van der Waals surface area contributed by atoms with Crippen LogP contribution in [0.5, 0.6) is 5.75 Å². The number of rotatable bonds is 5. The van der Waals surface area contributed by atoms with Gasteiger partial charge in [-0.1, -0.05) is 31.4 Å². The molecular formula is C16H25NO. The summed E-state index contributed by atoms with van der Waals surface area (Å²) in [5, 5.41) is 3.63. The number of hydrogen-bond acceptors (Lipinski definition) is 2. The summed E-state index contributed by atoms with van der Waals surface area (Å²) in [4.78, 5) is 0. The zero-order valence-electron chi connectivity index (χ0n) is 11.6. The molecule has 1 unspecified atom stereocenters. The van der Waals surface area contributed by atoms with Gasteiger partial charge in [0, 0.05) is 12.6 Å². The molecule has 2 heteroatoms. The Labute approximate surface area is 111 Å². The first-order chi connectivity index (χ1) is 8.74. The predicted molar refractivity (Wildman–Crippen MR) is 76.1 cm³/mol. The lowest BCUT2D eigenvalue weighted by Gasteiger charge is -2.25. The quantitative estimate of drug-likeness (QED) is 0.857. The van der Waals surface area contributed by atoms with Crippen molar-refractivity contribution < 1.29 is 4.74 Å². The molecule has 100 valence electrons. The van der Waals surface area contributed by atoms with Crippen LogP contribution in [-0.2, 0) is 0 Å². The van der Waals surface area contributed by atoms with Gasteiger partial charge in [-0.3, -0.25) is 0 Å². The molecule has 0 aromatic heterocycles. The maximum Gasteiger partial charge on any atom is 0.120 e. The molecule has 0 spiro atoms. The van der Waals surface area contributed by atoms with Crippen molar-refractivity contribution in [3.63, 3.8) is 0 Å². The van der Waals surface area contributed by atoms with Gasteiger partial charge in [-0.05, 0) is 44.4 Å². The van der Waals surface area contributed by atoms with E-state index < -0.39 is 0 Å². The lowest BCUT2D eigenvalue weighted by molar-refractivity contribution is 0.205. The Morgan fingerprint density at radius 1 is 1.28 bits per heavy atom. The van der Waals surface area contributed by atoms with Crippen LogP contribution in [0, 0.1) is 6.92 Å². The van der Waals surface area contributed by atoms with Gasteiger partial charge in [-0.25, -0.2) is 0 Å². The van der Waals surface area contributed by atoms with Gasteiger partial charge in [-0.2, -0.15) is 0 Å². The first kappa shape index (κ1) is 13.4. The van der Waals surface area contributed by atoms with Crippen LogP contribution in [0.1, 0.15) is 44.6 Å². The average molecular weight is 247 g/mol. The summed E-state index contributed by atoms with van der Waals surface area (Å²) in [5.41, 5.74) is 1.25.